The number of hydrogen-bond acceptors (Lipinski definition) is 5. The molecule has 0 fully saturated rings. The Morgan fingerprint density at radius 3 is 2.70 bits per heavy atom. The number of benzene rings is 2. The van der Waals surface area contributed by atoms with E-state index in [1.807, 2.05) is 36.4 Å². The standard InChI is InChI=1S/C16H15ClN4OS/c1-11-3-8-15(22-2)12(9-11)10-23-16-18-19-20-21(16)14-6-4-13(17)5-7-14/h3-9H,10H2,1-2H3. The number of aryl methyl sites for hydroxylation is 1. The van der Waals surface area contributed by atoms with Crippen LogP contribution in [0.4, 0.5) is 0 Å². The maximum absolute atomic E-state index is 5.92. The van der Waals surface area contributed by atoms with Crippen LogP contribution < -0.4 is 4.74 Å². The third-order valence-corrected chi connectivity index (χ3v) is 4.52. The summed E-state index contributed by atoms with van der Waals surface area (Å²) in [6, 6.07) is 13.5. The second-order valence-electron chi connectivity index (χ2n) is 4.95. The molecule has 0 unspecified atom stereocenters. The van der Waals surface area contributed by atoms with Gasteiger partial charge in [0.15, 0.2) is 0 Å². The summed E-state index contributed by atoms with van der Waals surface area (Å²) < 4.78 is 7.11. The zero-order valence-corrected chi connectivity index (χ0v) is 14.3. The van der Waals surface area contributed by atoms with Crippen LogP contribution >= 0.6 is 23.4 Å². The Balaban J connectivity index is 1.81. The summed E-state index contributed by atoms with van der Waals surface area (Å²) in [7, 11) is 1.68. The molecule has 0 aliphatic heterocycles. The maximum atomic E-state index is 5.92. The van der Waals surface area contributed by atoms with Gasteiger partial charge in [0, 0.05) is 16.3 Å². The zero-order valence-electron chi connectivity index (χ0n) is 12.7. The van der Waals surface area contributed by atoms with Crippen LogP contribution in [0.3, 0.4) is 0 Å². The van der Waals surface area contributed by atoms with Gasteiger partial charge in [-0.1, -0.05) is 41.1 Å². The first-order valence-corrected chi connectivity index (χ1v) is 8.34. The molecule has 2 aromatic carbocycles. The van der Waals surface area contributed by atoms with E-state index in [0.717, 1.165) is 27.9 Å². The molecule has 0 spiro atoms. The predicted octanol–water partition coefficient (Wildman–Crippen LogP) is 3.93. The fourth-order valence-electron chi connectivity index (χ4n) is 2.18. The molecule has 7 heteroatoms. The molecule has 23 heavy (non-hydrogen) atoms. The SMILES string of the molecule is COc1ccc(C)cc1CSc1nnnn1-c1ccc(Cl)cc1. The molecule has 1 aromatic heterocycles. The normalized spacial score (nSPS) is 10.7. The average molecular weight is 347 g/mol. The lowest BCUT2D eigenvalue weighted by molar-refractivity contribution is 0.411. The van der Waals surface area contributed by atoms with Gasteiger partial charge in [0.1, 0.15) is 5.75 Å². The molecule has 0 amide bonds. The van der Waals surface area contributed by atoms with Gasteiger partial charge in [0.05, 0.1) is 12.8 Å². The third kappa shape index (κ3) is 3.65. The van der Waals surface area contributed by atoms with Crippen molar-refractivity contribution in [1.29, 1.82) is 0 Å². The lowest BCUT2D eigenvalue weighted by Crippen LogP contribution is -1.99. The molecular weight excluding hydrogens is 332 g/mol. The minimum absolute atomic E-state index is 0.681. The minimum Gasteiger partial charge on any atom is -0.496 e. The highest BCUT2D eigenvalue weighted by molar-refractivity contribution is 7.98. The van der Waals surface area contributed by atoms with Crippen LogP contribution in [-0.4, -0.2) is 27.3 Å². The smallest absolute Gasteiger partial charge is 0.214 e. The Labute approximate surface area is 143 Å². The molecule has 0 bridgehead atoms. The fraction of sp³-hybridized carbons (Fsp3) is 0.188. The van der Waals surface area contributed by atoms with Gasteiger partial charge in [-0.15, -0.1) is 5.10 Å². The summed E-state index contributed by atoms with van der Waals surface area (Å²) >= 11 is 7.48. The first-order chi connectivity index (χ1) is 11.2. The number of methoxy groups -OCH3 is 1. The van der Waals surface area contributed by atoms with Crippen molar-refractivity contribution in [2.24, 2.45) is 0 Å². The van der Waals surface area contributed by atoms with Gasteiger partial charge in [0.25, 0.3) is 0 Å². The van der Waals surface area contributed by atoms with Gasteiger partial charge in [0.2, 0.25) is 5.16 Å². The largest absolute Gasteiger partial charge is 0.496 e. The summed E-state index contributed by atoms with van der Waals surface area (Å²) in [5.41, 5.74) is 3.18. The summed E-state index contributed by atoms with van der Waals surface area (Å²) in [5.74, 6) is 1.59. The maximum Gasteiger partial charge on any atom is 0.214 e. The number of thioether (sulfide) groups is 1. The Morgan fingerprint density at radius 2 is 1.96 bits per heavy atom. The number of ether oxygens (including phenoxy) is 1. The highest BCUT2D eigenvalue weighted by Gasteiger charge is 2.11. The van der Waals surface area contributed by atoms with E-state index < -0.39 is 0 Å². The van der Waals surface area contributed by atoms with Gasteiger partial charge in [-0.3, -0.25) is 0 Å². The Bertz CT molecular complexity index is 804. The molecule has 0 aliphatic rings. The predicted molar refractivity (Wildman–Crippen MR) is 91.5 cm³/mol. The number of rotatable bonds is 5. The lowest BCUT2D eigenvalue weighted by atomic mass is 10.1. The van der Waals surface area contributed by atoms with E-state index in [0.29, 0.717) is 5.02 Å². The van der Waals surface area contributed by atoms with Crippen LogP contribution in [0.5, 0.6) is 5.75 Å². The van der Waals surface area contributed by atoms with E-state index in [9.17, 15) is 0 Å². The van der Waals surface area contributed by atoms with Crippen LogP contribution in [0.15, 0.2) is 47.6 Å². The first-order valence-electron chi connectivity index (χ1n) is 6.98. The van der Waals surface area contributed by atoms with Crippen LogP contribution in [0.1, 0.15) is 11.1 Å². The van der Waals surface area contributed by atoms with E-state index in [2.05, 4.69) is 28.5 Å². The first kappa shape index (κ1) is 15.8. The molecule has 3 aromatic rings. The minimum atomic E-state index is 0.681. The van der Waals surface area contributed by atoms with E-state index in [1.165, 1.54) is 5.56 Å². The molecule has 1 heterocycles. The van der Waals surface area contributed by atoms with Gasteiger partial charge in [-0.05, 0) is 47.7 Å². The second-order valence-corrected chi connectivity index (χ2v) is 6.33. The quantitative estimate of drug-likeness (QED) is 0.655. The number of nitrogens with zero attached hydrogens (tertiary/aromatic N) is 4. The topological polar surface area (TPSA) is 52.8 Å². The number of halogens is 1. The molecule has 0 radical (unpaired) electrons. The molecule has 3 rings (SSSR count). The van der Waals surface area contributed by atoms with E-state index in [-0.39, 0.29) is 0 Å². The number of aromatic nitrogens is 4. The second kappa shape index (κ2) is 7.02. The molecule has 0 aliphatic carbocycles. The van der Waals surface area contributed by atoms with Gasteiger partial charge in [-0.2, -0.15) is 4.68 Å². The summed E-state index contributed by atoms with van der Waals surface area (Å²) in [6.45, 7) is 2.06. The highest BCUT2D eigenvalue weighted by atomic mass is 35.5. The Hall–Kier alpha value is -2.05. The van der Waals surface area contributed by atoms with Crippen molar-refractivity contribution < 1.29 is 4.74 Å². The van der Waals surface area contributed by atoms with Crippen LogP contribution in [0.2, 0.25) is 5.02 Å². The lowest BCUT2D eigenvalue weighted by Gasteiger charge is -2.09. The third-order valence-electron chi connectivity index (χ3n) is 3.30. The summed E-state index contributed by atoms with van der Waals surface area (Å²) in [4.78, 5) is 0. The van der Waals surface area contributed by atoms with Crippen molar-refractivity contribution in [3.05, 3.63) is 58.6 Å². The van der Waals surface area contributed by atoms with Crippen molar-refractivity contribution in [2.75, 3.05) is 7.11 Å². The van der Waals surface area contributed by atoms with Crippen molar-refractivity contribution in [3.63, 3.8) is 0 Å². The Kier molecular flexibility index (Phi) is 4.83. The van der Waals surface area contributed by atoms with Crippen molar-refractivity contribution in [1.82, 2.24) is 20.2 Å². The molecule has 0 N–H and O–H groups in total. The molecule has 5 nitrogen and oxygen atoms in total. The van der Waals surface area contributed by atoms with E-state index >= 15 is 0 Å². The Morgan fingerprint density at radius 1 is 1.17 bits per heavy atom. The fourth-order valence-corrected chi connectivity index (χ4v) is 3.17. The van der Waals surface area contributed by atoms with Crippen molar-refractivity contribution in [2.45, 2.75) is 17.8 Å². The molecule has 0 atom stereocenters. The van der Waals surface area contributed by atoms with Crippen molar-refractivity contribution in [3.8, 4) is 11.4 Å². The molecule has 0 saturated carbocycles. The van der Waals surface area contributed by atoms with Gasteiger partial charge < -0.3 is 4.74 Å². The summed E-state index contributed by atoms with van der Waals surface area (Å²) in [6.07, 6.45) is 0. The monoisotopic (exact) mass is 346 g/mol. The molecule has 0 saturated heterocycles. The highest BCUT2D eigenvalue weighted by Crippen LogP contribution is 2.28. The van der Waals surface area contributed by atoms with Crippen LogP contribution in [0.25, 0.3) is 5.69 Å². The van der Waals surface area contributed by atoms with E-state index in [4.69, 9.17) is 16.3 Å². The van der Waals surface area contributed by atoms with Gasteiger partial charge >= 0.3 is 0 Å². The molecule has 118 valence electrons. The van der Waals surface area contributed by atoms with Crippen molar-refractivity contribution >= 4 is 23.4 Å². The summed E-state index contributed by atoms with van der Waals surface area (Å²) in [5, 5.41) is 13.3. The zero-order chi connectivity index (χ0) is 16.2. The molecular formula is C16H15ClN4OS. The van der Waals surface area contributed by atoms with E-state index in [1.54, 1.807) is 23.6 Å². The van der Waals surface area contributed by atoms with Crippen LogP contribution in [-0.2, 0) is 5.75 Å². The van der Waals surface area contributed by atoms with Crippen LogP contribution in [0, 0.1) is 6.92 Å². The van der Waals surface area contributed by atoms with Gasteiger partial charge in [-0.25, -0.2) is 0 Å². The average Bonchev–Trinajstić information content (AvgIpc) is 3.02. The number of hydrogen-bond donors (Lipinski definition) is 0. The number of tetrazole rings is 1.